The summed E-state index contributed by atoms with van der Waals surface area (Å²) in [4.78, 5) is 3.91. The lowest BCUT2D eigenvalue weighted by Gasteiger charge is -2.20. The normalized spacial score (nSPS) is 27.9. The lowest BCUT2D eigenvalue weighted by atomic mass is 9.95. The highest BCUT2D eigenvalue weighted by Crippen LogP contribution is 2.34. The minimum atomic E-state index is -3.14. The second kappa shape index (κ2) is 3.71. The minimum absolute atomic E-state index is 0.0146. The Balaban J connectivity index is 2.37. The van der Waals surface area contributed by atoms with Crippen LogP contribution in [0.5, 0.6) is 5.75 Å². The maximum Gasteiger partial charge on any atom is 0.153 e. The molecule has 0 radical (unpaired) electrons. The third kappa shape index (κ3) is 2.03. The van der Waals surface area contributed by atoms with E-state index in [9.17, 15) is 13.5 Å². The molecule has 0 spiro atoms. The number of methoxy groups -OCH3 is 1. The Morgan fingerprint density at radius 1 is 1.50 bits per heavy atom. The molecule has 0 aromatic carbocycles. The van der Waals surface area contributed by atoms with Crippen LogP contribution in [0.4, 0.5) is 0 Å². The van der Waals surface area contributed by atoms with Crippen molar-refractivity contribution in [1.82, 2.24) is 4.98 Å². The molecule has 1 N–H and O–H groups in total. The highest BCUT2D eigenvalue weighted by Gasteiger charge is 2.42. The summed E-state index contributed by atoms with van der Waals surface area (Å²) in [5, 5.41) is 10.2. The molecule has 5 nitrogen and oxygen atoms in total. The molecule has 16 heavy (non-hydrogen) atoms. The number of rotatable bonds is 2. The fourth-order valence-electron chi connectivity index (χ4n) is 1.85. The van der Waals surface area contributed by atoms with Gasteiger partial charge in [-0.25, -0.2) is 8.42 Å². The molecule has 1 aromatic rings. The average molecular weight is 243 g/mol. The van der Waals surface area contributed by atoms with Crippen LogP contribution in [0.1, 0.15) is 12.0 Å². The molecule has 0 saturated carbocycles. The largest absolute Gasteiger partial charge is 0.495 e. The van der Waals surface area contributed by atoms with Crippen LogP contribution in [0.3, 0.4) is 0 Å². The molecule has 1 atom stereocenters. The van der Waals surface area contributed by atoms with E-state index < -0.39 is 15.4 Å². The van der Waals surface area contributed by atoms with Crippen LogP contribution < -0.4 is 4.74 Å². The molecule has 6 heteroatoms. The van der Waals surface area contributed by atoms with Gasteiger partial charge in [-0.3, -0.25) is 4.98 Å². The molecule has 1 aliphatic heterocycles. The fourth-order valence-corrected chi connectivity index (χ4v) is 3.68. The van der Waals surface area contributed by atoms with Gasteiger partial charge in [-0.05, 0) is 12.5 Å². The molecule has 0 aliphatic carbocycles. The molecule has 1 unspecified atom stereocenters. The van der Waals surface area contributed by atoms with Gasteiger partial charge in [0.2, 0.25) is 0 Å². The Labute approximate surface area is 94.0 Å². The maximum atomic E-state index is 11.4. The summed E-state index contributed by atoms with van der Waals surface area (Å²) >= 11 is 0. The van der Waals surface area contributed by atoms with Gasteiger partial charge in [0.05, 0.1) is 24.8 Å². The third-order valence-corrected chi connectivity index (χ3v) is 4.52. The summed E-state index contributed by atoms with van der Waals surface area (Å²) in [7, 11) is -1.64. The molecule has 1 fully saturated rings. The first-order valence-electron chi connectivity index (χ1n) is 4.87. The van der Waals surface area contributed by atoms with E-state index >= 15 is 0 Å². The van der Waals surface area contributed by atoms with E-state index in [-0.39, 0.29) is 17.9 Å². The minimum Gasteiger partial charge on any atom is -0.495 e. The molecule has 1 aromatic heterocycles. The molecule has 88 valence electrons. The van der Waals surface area contributed by atoms with Gasteiger partial charge in [0.1, 0.15) is 11.4 Å². The van der Waals surface area contributed by atoms with E-state index in [4.69, 9.17) is 4.74 Å². The zero-order valence-corrected chi connectivity index (χ0v) is 9.70. The van der Waals surface area contributed by atoms with Crippen LogP contribution in [-0.2, 0) is 15.4 Å². The zero-order chi connectivity index (χ0) is 11.8. The number of sulfone groups is 1. The lowest BCUT2D eigenvalue weighted by Crippen LogP contribution is -2.27. The lowest BCUT2D eigenvalue weighted by molar-refractivity contribution is 0.0646. The van der Waals surface area contributed by atoms with Crippen molar-refractivity contribution in [3.63, 3.8) is 0 Å². The summed E-state index contributed by atoms with van der Waals surface area (Å²) in [6.45, 7) is 0. The van der Waals surface area contributed by atoms with Crippen LogP contribution in [0.2, 0.25) is 0 Å². The Kier molecular flexibility index (Phi) is 2.63. The van der Waals surface area contributed by atoms with E-state index in [2.05, 4.69) is 4.98 Å². The van der Waals surface area contributed by atoms with Gasteiger partial charge < -0.3 is 9.84 Å². The second-order valence-electron chi connectivity index (χ2n) is 3.99. The predicted octanol–water partition coefficient (Wildman–Crippen LogP) is 0.0963. The molecule has 2 rings (SSSR count). The number of aliphatic hydroxyl groups is 1. The number of hydrogen-bond acceptors (Lipinski definition) is 5. The first-order chi connectivity index (χ1) is 7.45. The van der Waals surface area contributed by atoms with E-state index in [0.717, 1.165) is 0 Å². The van der Waals surface area contributed by atoms with E-state index in [1.54, 1.807) is 6.07 Å². The van der Waals surface area contributed by atoms with Gasteiger partial charge >= 0.3 is 0 Å². The molecule has 0 amide bonds. The van der Waals surface area contributed by atoms with E-state index in [1.165, 1.54) is 19.5 Å². The average Bonchev–Trinajstić information content (AvgIpc) is 2.55. The molecular weight excluding hydrogens is 230 g/mol. The van der Waals surface area contributed by atoms with Gasteiger partial charge in [0.15, 0.2) is 9.84 Å². The maximum absolute atomic E-state index is 11.4. The van der Waals surface area contributed by atoms with Crippen LogP contribution in [0.25, 0.3) is 0 Å². The summed E-state index contributed by atoms with van der Waals surface area (Å²) in [6.07, 6.45) is 3.20. The number of pyridine rings is 1. The van der Waals surface area contributed by atoms with Crippen molar-refractivity contribution in [1.29, 1.82) is 0 Å². The first kappa shape index (κ1) is 11.3. The number of ether oxygens (including phenoxy) is 1. The van der Waals surface area contributed by atoms with Crippen molar-refractivity contribution in [3.8, 4) is 5.75 Å². The van der Waals surface area contributed by atoms with Crippen molar-refractivity contribution in [2.45, 2.75) is 12.0 Å². The van der Waals surface area contributed by atoms with Gasteiger partial charge in [-0.1, -0.05) is 0 Å². The monoisotopic (exact) mass is 243 g/mol. The first-order valence-corrected chi connectivity index (χ1v) is 6.70. The van der Waals surface area contributed by atoms with Gasteiger partial charge in [-0.2, -0.15) is 0 Å². The molecule has 2 heterocycles. The second-order valence-corrected chi connectivity index (χ2v) is 6.17. The SMILES string of the molecule is COc1cncc(C2(O)CCS(=O)(=O)C2)c1. The molecule has 1 saturated heterocycles. The Morgan fingerprint density at radius 3 is 2.81 bits per heavy atom. The molecule has 1 aliphatic rings. The summed E-state index contributed by atoms with van der Waals surface area (Å²) in [6, 6.07) is 1.62. The number of aromatic nitrogens is 1. The van der Waals surface area contributed by atoms with Gasteiger partial charge in [-0.15, -0.1) is 0 Å². The van der Waals surface area contributed by atoms with Crippen LogP contribution in [-0.4, -0.2) is 37.1 Å². The van der Waals surface area contributed by atoms with Crippen molar-refractivity contribution in [3.05, 3.63) is 24.0 Å². The Hall–Kier alpha value is -1.14. The quantitative estimate of drug-likeness (QED) is 0.797. The van der Waals surface area contributed by atoms with Crippen LogP contribution in [0.15, 0.2) is 18.5 Å². The van der Waals surface area contributed by atoms with Crippen molar-refractivity contribution in [2.24, 2.45) is 0 Å². The standard InChI is InChI=1S/C10H13NO4S/c1-15-9-4-8(5-11-6-9)10(12)2-3-16(13,14)7-10/h4-6,12H,2-3,7H2,1H3. The Morgan fingerprint density at radius 2 is 2.25 bits per heavy atom. The van der Waals surface area contributed by atoms with Crippen molar-refractivity contribution in [2.75, 3.05) is 18.6 Å². The number of nitrogens with zero attached hydrogens (tertiary/aromatic N) is 1. The molecule has 0 bridgehead atoms. The van der Waals surface area contributed by atoms with Crippen LogP contribution >= 0.6 is 0 Å². The number of hydrogen-bond donors (Lipinski definition) is 1. The molecular formula is C10H13NO4S. The van der Waals surface area contributed by atoms with Crippen LogP contribution in [0, 0.1) is 0 Å². The smallest absolute Gasteiger partial charge is 0.153 e. The highest BCUT2D eigenvalue weighted by atomic mass is 32.2. The third-order valence-electron chi connectivity index (χ3n) is 2.77. The Bertz CT molecular complexity index is 499. The van der Waals surface area contributed by atoms with E-state index in [0.29, 0.717) is 11.3 Å². The topological polar surface area (TPSA) is 76.5 Å². The van der Waals surface area contributed by atoms with Gasteiger partial charge in [0.25, 0.3) is 0 Å². The zero-order valence-electron chi connectivity index (χ0n) is 8.88. The summed E-state index contributed by atoms with van der Waals surface area (Å²) in [5.41, 5.74) is -0.826. The fraction of sp³-hybridized carbons (Fsp3) is 0.500. The highest BCUT2D eigenvalue weighted by molar-refractivity contribution is 7.91. The van der Waals surface area contributed by atoms with E-state index in [1.807, 2.05) is 0 Å². The predicted molar refractivity (Wildman–Crippen MR) is 58.0 cm³/mol. The summed E-state index contributed by atoms with van der Waals surface area (Å²) in [5.74, 6) is 0.283. The van der Waals surface area contributed by atoms with Crippen molar-refractivity contribution >= 4 is 9.84 Å². The van der Waals surface area contributed by atoms with Crippen molar-refractivity contribution < 1.29 is 18.3 Å². The summed E-state index contributed by atoms with van der Waals surface area (Å²) < 4.78 is 27.7. The van der Waals surface area contributed by atoms with Gasteiger partial charge in [0, 0.05) is 11.8 Å².